The second kappa shape index (κ2) is 7.44. The van der Waals surface area contributed by atoms with Crippen LogP contribution in [0, 0.1) is 5.82 Å². The van der Waals surface area contributed by atoms with E-state index in [-0.39, 0.29) is 5.69 Å². The number of carbonyl (C=O) groups excluding carboxylic acids is 1. The van der Waals surface area contributed by atoms with Crippen LogP contribution in [0.25, 0.3) is 0 Å². The highest BCUT2D eigenvalue weighted by molar-refractivity contribution is 6.00. The van der Waals surface area contributed by atoms with E-state index in [1.807, 2.05) is 19.0 Å². The molecule has 1 rings (SSSR count). The van der Waals surface area contributed by atoms with Gasteiger partial charge in [-0.05, 0) is 39.2 Å². The highest BCUT2D eigenvalue weighted by Gasteiger charge is 2.16. The topological polar surface area (TPSA) is 81.7 Å². The molecule has 0 radical (unpaired) electrons. The predicted octanol–water partition coefficient (Wildman–Crippen LogP) is 1.60. The lowest BCUT2D eigenvalue weighted by Crippen LogP contribution is -2.31. The van der Waals surface area contributed by atoms with E-state index in [1.54, 1.807) is 0 Å². The number of benzene rings is 1. The number of aromatic carboxylic acids is 1. The Morgan fingerprint density at radius 2 is 2.05 bits per heavy atom. The minimum absolute atomic E-state index is 0.0670. The van der Waals surface area contributed by atoms with Crippen molar-refractivity contribution < 1.29 is 19.1 Å². The molecule has 0 unspecified atom stereocenters. The van der Waals surface area contributed by atoms with Crippen molar-refractivity contribution in [2.45, 2.75) is 6.42 Å². The fourth-order valence-corrected chi connectivity index (χ4v) is 1.61. The van der Waals surface area contributed by atoms with E-state index < -0.39 is 23.4 Å². The predicted molar refractivity (Wildman–Crippen MR) is 73.6 cm³/mol. The number of rotatable bonds is 6. The Morgan fingerprint density at radius 3 is 2.65 bits per heavy atom. The fourth-order valence-electron chi connectivity index (χ4n) is 1.61. The number of carboxylic acid groups (broad SMARTS) is 1. The molecule has 0 saturated carbocycles. The van der Waals surface area contributed by atoms with Gasteiger partial charge in [0.15, 0.2) is 0 Å². The van der Waals surface area contributed by atoms with E-state index in [0.717, 1.165) is 19.0 Å². The van der Waals surface area contributed by atoms with Crippen LogP contribution in [0.2, 0.25) is 0 Å². The number of halogens is 1. The Balaban J connectivity index is 2.58. The van der Waals surface area contributed by atoms with E-state index in [4.69, 9.17) is 5.11 Å². The maximum absolute atomic E-state index is 13.4. The third-order valence-electron chi connectivity index (χ3n) is 2.54. The Morgan fingerprint density at radius 1 is 1.35 bits per heavy atom. The molecule has 110 valence electrons. The molecule has 6 nitrogen and oxygen atoms in total. The van der Waals surface area contributed by atoms with Gasteiger partial charge in [0.2, 0.25) is 0 Å². The number of urea groups is 1. The molecule has 7 heteroatoms. The van der Waals surface area contributed by atoms with E-state index >= 15 is 0 Å². The summed E-state index contributed by atoms with van der Waals surface area (Å²) in [5.74, 6) is -2.31. The largest absolute Gasteiger partial charge is 0.478 e. The first-order valence-corrected chi connectivity index (χ1v) is 6.13. The lowest BCUT2D eigenvalue weighted by molar-refractivity contribution is 0.0693. The molecule has 0 bridgehead atoms. The summed E-state index contributed by atoms with van der Waals surface area (Å²) in [5.41, 5.74) is -0.612. The van der Waals surface area contributed by atoms with Crippen molar-refractivity contribution in [3.05, 3.63) is 29.6 Å². The number of nitrogens with zero attached hydrogens (tertiary/aromatic N) is 1. The third-order valence-corrected chi connectivity index (χ3v) is 2.54. The standard InChI is InChI=1S/C13H18FN3O3/c1-17(2)8-4-7-15-13(20)16-10-6-3-5-9(14)11(10)12(18)19/h3,5-6H,4,7-8H2,1-2H3,(H,18,19)(H2,15,16,20). The van der Waals surface area contributed by atoms with Crippen LogP contribution in [0.15, 0.2) is 18.2 Å². The summed E-state index contributed by atoms with van der Waals surface area (Å²) in [7, 11) is 3.85. The molecule has 1 aromatic rings. The Hall–Kier alpha value is -2.15. The van der Waals surface area contributed by atoms with E-state index in [0.29, 0.717) is 6.54 Å². The van der Waals surface area contributed by atoms with Crippen molar-refractivity contribution >= 4 is 17.7 Å². The zero-order valence-electron chi connectivity index (χ0n) is 11.4. The van der Waals surface area contributed by atoms with Crippen molar-refractivity contribution in [2.75, 3.05) is 32.5 Å². The lowest BCUT2D eigenvalue weighted by atomic mass is 10.1. The Kier molecular flexibility index (Phi) is 5.92. The van der Waals surface area contributed by atoms with Gasteiger partial charge in [-0.25, -0.2) is 14.0 Å². The van der Waals surface area contributed by atoms with Crippen LogP contribution in [-0.2, 0) is 0 Å². The van der Waals surface area contributed by atoms with Gasteiger partial charge in [-0.1, -0.05) is 6.07 Å². The molecule has 0 spiro atoms. The van der Waals surface area contributed by atoms with Gasteiger partial charge in [-0.15, -0.1) is 0 Å². The Labute approximate surface area is 116 Å². The molecule has 3 N–H and O–H groups in total. The fraction of sp³-hybridized carbons (Fsp3) is 0.385. The molecule has 0 aliphatic heterocycles. The van der Waals surface area contributed by atoms with Gasteiger partial charge in [-0.3, -0.25) is 0 Å². The zero-order chi connectivity index (χ0) is 15.1. The van der Waals surface area contributed by atoms with Gasteiger partial charge in [0.05, 0.1) is 5.69 Å². The smallest absolute Gasteiger partial charge is 0.340 e. The average molecular weight is 283 g/mol. The van der Waals surface area contributed by atoms with Gasteiger partial charge in [0.25, 0.3) is 0 Å². The number of amides is 2. The van der Waals surface area contributed by atoms with Gasteiger partial charge >= 0.3 is 12.0 Å². The summed E-state index contributed by atoms with van der Waals surface area (Å²) in [4.78, 5) is 24.5. The van der Waals surface area contributed by atoms with Crippen LogP contribution in [0.3, 0.4) is 0 Å². The van der Waals surface area contributed by atoms with Crippen molar-refractivity contribution in [1.29, 1.82) is 0 Å². The molecule has 0 aliphatic carbocycles. The molecular weight excluding hydrogens is 265 g/mol. The molecule has 1 aromatic carbocycles. The van der Waals surface area contributed by atoms with Crippen LogP contribution in [0.5, 0.6) is 0 Å². The molecule has 0 heterocycles. The minimum Gasteiger partial charge on any atom is -0.478 e. The molecular formula is C13H18FN3O3. The van der Waals surface area contributed by atoms with Crippen molar-refractivity contribution in [1.82, 2.24) is 10.2 Å². The Bertz CT molecular complexity index is 492. The zero-order valence-corrected chi connectivity index (χ0v) is 11.4. The van der Waals surface area contributed by atoms with Gasteiger partial charge in [0, 0.05) is 6.54 Å². The lowest BCUT2D eigenvalue weighted by Gasteiger charge is -2.12. The monoisotopic (exact) mass is 283 g/mol. The molecule has 2 amide bonds. The molecule has 0 fully saturated rings. The van der Waals surface area contributed by atoms with Crippen LogP contribution in [0.4, 0.5) is 14.9 Å². The van der Waals surface area contributed by atoms with E-state index in [9.17, 15) is 14.0 Å². The van der Waals surface area contributed by atoms with Gasteiger partial charge in [-0.2, -0.15) is 0 Å². The molecule has 0 aromatic heterocycles. The SMILES string of the molecule is CN(C)CCCNC(=O)Nc1cccc(F)c1C(=O)O. The van der Waals surface area contributed by atoms with E-state index in [1.165, 1.54) is 12.1 Å². The highest BCUT2D eigenvalue weighted by atomic mass is 19.1. The van der Waals surface area contributed by atoms with Crippen molar-refractivity contribution in [3.63, 3.8) is 0 Å². The van der Waals surface area contributed by atoms with Crippen molar-refractivity contribution in [3.8, 4) is 0 Å². The summed E-state index contributed by atoms with van der Waals surface area (Å²) in [6, 6.07) is 3.15. The summed E-state index contributed by atoms with van der Waals surface area (Å²) in [6.45, 7) is 1.27. The first kappa shape index (κ1) is 15.9. The minimum atomic E-state index is -1.42. The number of hydrogen-bond donors (Lipinski definition) is 3. The summed E-state index contributed by atoms with van der Waals surface area (Å²) in [6.07, 6.45) is 0.759. The quantitative estimate of drug-likeness (QED) is 0.693. The van der Waals surface area contributed by atoms with Crippen LogP contribution in [0.1, 0.15) is 16.8 Å². The third kappa shape index (κ3) is 4.85. The number of anilines is 1. The average Bonchev–Trinajstić information content (AvgIpc) is 2.34. The number of carbonyl (C=O) groups is 2. The van der Waals surface area contributed by atoms with Crippen molar-refractivity contribution in [2.24, 2.45) is 0 Å². The molecule has 0 saturated heterocycles. The number of carboxylic acids is 1. The number of hydrogen-bond acceptors (Lipinski definition) is 3. The number of nitrogens with one attached hydrogen (secondary N) is 2. The van der Waals surface area contributed by atoms with Gasteiger partial charge < -0.3 is 20.6 Å². The highest BCUT2D eigenvalue weighted by Crippen LogP contribution is 2.18. The summed E-state index contributed by atoms with van der Waals surface area (Å²) < 4.78 is 13.4. The molecule has 0 aliphatic rings. The maximum atomic E-state index is 13.4. The van der Waals surface area contributed by atoms with Crippen LogP contribution >= 0.6 is 0 Å². The van der Waals surface area contributed by atoms with E-state index in [2.05, 4.69) is 10.6 Å². The maximum Gasteiger partial charge on any atom is 0.340 e. The van der Waals surface area contributed by atoms with Gasteiger partial charge in [0.1, 0.15) is 11.4 Å². The first-order chi connectivity index (χ1) is 9.41. The van der Waals surface area contributed by atoms with Crippen LogP contribution < -0.4 is 10.6 Å². The first-order valence-electron chi connectivity index (χ1n) is 6.13. The summed E-state index contributed by atoms with van der Waals surface area (Å²) in [5, 5.41) is 13.8. The summed E-state index contributed by atoms with van der Waals surface area (Å²) >= 11 is 0. The van der Waals surface area contributed by atoms with Crippen LogP contribution in [-0.4, -0.2) is 49.2 Å². The normalized spacial score (nSPS) is 10.4. The second-order valence-corrected chi connectivity index (χ2v) is 4.51. The molecule has 0 atom stereocenters. The molecule has 20 heavy (non-hydrogen) atoms. The second-order valence-electron chi connectivity index (χ2n) is 4.51.